The van der Waals surface area contributed by atoms with E-state index in [0.717, 1.165) is 12.1 Å². The summed E-state index contributed by atoms with van der Waals surface area (Å²) in [5.74, 6) is 0. The Labute approximate surface area is 141 Å². The summed E-state index contributed by atoms with van der Waals surface area (Å²) < 4.78 is 5.50. The fourth-order valence-electron chi connectivity index (χ4n) is 2.46. The topological polar surface area (TPSA) is 41.6 Å². The minimum atomic E-state index is -0.500. The van der Waals surface area contributed by atoms with Crippen LogP contribution in [0.4, 0.5) is 4.79 Å². The number of nitrogens with one attached hydrogen (secondary N) is 1. The molecular formula is C16H22Cl2N2O2. The highest BCUT2D eigenvalue weighted by Crippen LogP contribution is 2.24. The zero-order valence-electron chi connectivity index (χ0n) is 13.2. The van der Waals surface area contributed by atoms with E-state index in [2.05, 4.69) is 5.32 Å². The summed E-state index contributed by atoms with van der Waals surface area (Å²) in [6.45, 7) is 7.71. The maximum Gasteiger partial charge on any atom is 0.410 e. The number of rotatable bonds is 2. The lowest BCUT2D eigenvalue weighted by molar-refractivity contribution is 0.0122. The summed E-state index contributed by atoms with van der Waals surface area (Å²) in [6.07, 6.45) is 0.364. The molecule has 0 bridgehead atoms. The Morgan fingerprint density at radius 3 is 2.82 bits per heavy atom. The average molecular weight is 345 g/mol. The molecule has 1 N–H and O–H groups in total. The molecule has 0 saturated carbocycles. The van der Waals surface area contributed by atoms with E-state index >= 15 is 0 Å². The quantitative estimate of drug-likeness (QED) is 0.888. The summed E-state index contributed by atoms with van der Waals surface area (Å²) in [4.78, 5) is 14.2. The molecule has 0 spiro atoms. The van der Waals surface area contributed by atoms with E-state index in [-0.39, 0.29) is 12.1 Å². The fourth-order valence-corrected chi connectivity index (χ4v) is 2.85. The van der Waals surface area contributed by atoms with Crippen LogP contribution < -0.4 is 5.32 Å². The van der Waals surface area contributed by atoms with Crippen molar-refractivity contribution in [1.82, 2.24) is 10.2 Å². The second kappa shape index (κ2) is 7.07. The lowest BCUT2D eigenvalue weighted by Crippen LogP contribution is -2.55. The van der Waals surface area contributed by atoms with Gasteiger partial charge in [0, 0.05) is 29.7 Å². The van der Waals surface area contributed by atoms with Crippen molar-refractivity contribution in [2.75, 3.05) is 19.6 Å². The number of hydrogen-bond donors (Lipinski definition) is 1. The highest BCUT2D eigenvalue weighted by atomic mass is 35.5. The van der Waals surface area contributed by atoms with E-state index in [4.69, 9.17) is 27.9 Å². The van der Waals surface area contributed by atoms with Crippen LogP contribution in [-0.2, 0) is 11.2 Å². The van der Waals surface area contributed by atoms with Gasteiger partial charge in [-0.15, -0.1) is 0 Å². The minimum absolute atomic E-state index is 0.000401. The third-order valence-electron chi connectivity index (χ3n) is 3.44. The zero-order valence-corrected chi connectivity index (χ0v) is 14.7. The monoisotopic (exact) mass is 344 g/mol. The molecule has 1 heterocycles. The molecule has 1 aromatic rings. The molecule has 1 aliphatic heterocycles. The van der Waals surface area contributed by atoms with Gasteiger partial charge in [0.25, 0.3) is 0 Å². The molecule has 22 heavy (non-hydrogen) atoms. The first-order valence-corrected chi connectivity index (χ1v) is 8.16. The summed E-state index contributed by atoms with van der Waals surface area (Å²) in [5.41, 5.74) is 0.441. The van der Waals surface area contributed by atoms with Gasteiger partial charge in [-0.1, -0.05) is 23.2 Å². The van der Waals surface area contributed by atoms with E-state index in [1.54, 1.807) is 17.0 Å². The van der Waals surface area contributed by atoms with Crippen LogP contribution in [0.5, 0.6) is 0 Å². The van der Waals surface area contributed by atoms with Gasteiger partial charge in [0.15, 0.2) is 0 Å². The van der Waals surface area contributed by atoms with E-state index < -0.39 is 5.60 Å². The average Bonchev–Trinajstić information content (AvgIpc) is 2.41. The Morgan fingerprint density at radius 2 is 2.14 bits per heavy atom. The first kappa shape index (κ1) is 17.4. The van der Waals surface area contributed by atoms with Crippen molar-refractivity contribution in [3.63, 3.8) is 0 Å². The molecule has 1 amide bonds. The van der Waals surface area contributed by atoms with E-state index in [1.807, 2.05) is 26.8 Å². The van der Waals surface area contributed by atoms with Crippen molar-refractivity contribution in [2.24, 2.45) is 0 Å². The van der Waals surface area contributed by atoms with Crippen molar-refractivity contribution in [3.8, 4) is 0 Å². The van der Waals surface area contributed by atoms with Gasteiger partial charge in [-0.05, 0) is 51.0 Å². The summed E-state index contributed by atoms with van der Waals surface area (Å²) >= 11 is 12.3. The minimum Gasteiger partial charge on any atom is -0.444 e. The molecule has 122 valence electrons. The Bertz CT molecular complexity index is 543. The predicted octanol–water partition coefficient (Wildman–Crippen LogP) is 3.74. The van der Waals surface area contributed by atoms with E-state index in [9.17, 15) is 4.79 Å². The van der Waals surface area contributed by atoms with Crippen molar-refractivity contribution in [1.29, 1.82) is 0 Å². The Balaban J connectivity index is 2.13. The van der Waals surface area contributed by atoms with E-state index in [1.165, 1.54) is 0 Å². The smallest absolute Gasteiger partial charge is 0.410 e. The van der Waals surface area contributed by atoms with Gasteiger partial charge < -0.3 is 15.0 Å². The molecule has 1 atom stereocenters. The Kier molecular flexibility index (Phi) is 5.59. The molecular weight excluding hydrogens is 323 g/mol. The van der Waals surface area contributed by atoms with Crippen molar-refractivity contribution in [2.45, 2.75) is 38.8 Å². The zero-order chi connectivity index (χ0) is 16.3. The molecule has 6 heteroatoms. The van der Waals surface area contributed by atoms with Crippen LogP contribution >= 0.6 is 23.2 Å². The Morgan fingerprint density at radius 1 is 1.41 bits per heavy atom. The molecule has 1 aromatic carbocycles. The SMILES string of the molecule is CC(C)(C)OC(=O)N1CCNCC1Cc1cc(Cl)ccc1Cl. The summed E-state index contributed by atoms with van der Waals surface area (Å²) in [7, 11) is 0. The number of carbonyl (C=O) groups excluding carboxylic acids is 1. The largest absolute Gasteiger partial charge is 0.444 e. The number of ether oxygens (including phenoxy) is 1. The third-order valence-corrected chi connectivity index (χ3v) is 4.05. The highest BCUT2D eigenvalue weighted by Gasteiger charge is 2.30. The lowest BCUT2D eigenvalue weighted by Gasteiger charge is -2.37. The molecule has 1 unspecified atom stereocenters. The third kappa shape index (κ3) is 4.77. The molecule has 4 nitrogen and oxygen atoms in total. The van der Waals surface area contributed by atoms with Crippen LogP contribution in [0, 0.1) is 0 Å². The first-order valence-electron chi connectivity index (χ1n) is 7.40. The number of hydrogen-bond acceptors (Lipinski definition) is 3. The number of amides is 1. The maximum absolute atomic E-state index is 12.4. The van der Waals surface area contributed by atoms with Gasteiger partial charge in [-0.2, -0.15) is 0 Å². The molecule has 1 aliphatic rings. The molecule has 2 rings (SSSR count). The van der Waals surface area contributed by atoms with Gasteiger partial charge >= 0.3 is 6.09 Å². The van der Waals surface area contributed by atoms with Gasteiger partial charge in [-0.25, -0.2) is 4.79 Å². The van der Waals surface area contributed by atoms with Gasteiger partial charge in [0.1, 0.15) is 5.60 Å². The molecule has 0 radical (unpaired) electrons. The summed E-state index contributed by atoms with van der Waals surface area (Å²) in [5, 5.41) is 4.62. The number of piperazine rings is 1. The highest BCUT2D eigenvalue weighted by molar-refractivity contribution is 6.33. The number of halogens is 2. The number of carbonyl (C=O) groups is 1. The van der Waals surface area contributed by atoms with Gasteiger partial charge in [-0.3, -0.25) is 0 Å². The molecule has 1 fully saturated rings. The van der Waals surface area contributed by atoms with Gasteiger partial charge in [0.2, 0.25) is 0 Å². The van der Waals surface area contributed by atoms with Crippen molar-refractivity contribution in [3.05, 3.63) is 33.8 Å². The van der Waals surface area contributed by atoms with Crippen LogP contribution in [0.3, 0.4) is 0 Å². The number of nitrogens with zero attached hydrogens (tertiary/aromatic N) is 1. The first-order chi connectivity index (χ1) is 10.3. The molecule has 1 saturated heterocycles. The van der Waals surface area contributed by atoms with Crippen LogP contribution in [-0.4, -0.2) is 42.3 Å². The number of benzene rings is 1. The van der Waals surface area contributed by atoms with Crippen molar-refractivity contribution >= 4 is 29.3 Å². The summed E-state index contributed by atoms with van der Waals surface area (Å²) in [6, 6.07) is 5.40. The standard InChI is InChI=1S/C16H22Cl2N2O2/c1-16(2,3)22-15(21)20-7-6-19-10-13(20)9-11-8-12(17)4-5-14(11)18/h4-5,8,13,19H,6-7,9-10H2,1-3H3. The van der Waals surface area contributed by atoms with Crippen LogP contribution in [0.2, 0.25) is 10.0 Å². The fraction of sp³-hybridized carbons (Fsp3) is 0.562. The second-order valence-electron chi connectivity index (χ2n) is 6.47. The van der Waals surface area contributed by atoms with Crippen LogP contribution in [0.15, 0.2) is 18.2 Å². The molecule has 0 aliphatic carbocycles. The molecule has 0 aromatic heterocycles. The second-order valence-corrected chi connectivity index (χ2v) is 7.32. The van der Waals surface area contributed by atoms with Gasteiger partial charge in [0.05, 0.1) is 6.04 Å². The lowest BCUT2D eigenvalue weighted by atomic mass is 10.0. The Hall–Kier alpha value is -0.970. The van der Waals surface area contributed by atoms with Crippen LogP contribution in [0.25, 0.3) is 0 Å². The normalized spacial score (nSPS) is 19.1. The predicted molar refractivity (Wildman–Crippen MR) is 89.8 cm³/mol. The van der Waals surface area contributed by atoms with E-state index in [0.29, 0.717) is 29.6 Å². The van der Waals surface area contributed by atoms with Crippen molar-refractivity contribution < 1.29 is 9.53 Å². The maximum atomic E-state index is 12.4. The van der Waals surface area contributed by atoms with Crippen LogP contribution in [0.1, 0.15) is 26.3 Å².